The van der Waals surface area contributed by atoms with E-state index in [1.807, 2.05) is 0 Å². The van der Waals surface area contributed by atoms with Gasteiger partial charge in [-0.15, -0.1) is 0 Å². The van der Waals surface area contributed by atoms with E-state index in [0.717, 1.165) is 0 Å². The van der Waals surface area contributed by atoms with Crippen molar-refractivity contribution in [1.82, 2.24) is 0 Å². The lowest BCUT2D eigenvalue weighted by Crippen LogP contribution is -2.61. The molecule has 360 valence electrons. The van der Waals surface area contributed by atoms with Gasteiger partial charge in [-0.2, -0.15) is 0 Å². The van der Waals surface area contributed by atoms with Crippen molar-refractivity contribution in [3.63, 3.8) is 0 Å². The highest BCUT2D eigenvalue weighted by atomic mass is 31.2. The van der Waals surface area contributed by atoms with Crippen LogP contribution in [0.5, 0.6) is 0 Å². The number of nitrogens with two attached hydrogens (primary N) is 3. The number of carboxylic acid groups (broad SMARTS) is 1. The largest absolute Gasteiger partial charge is 0.480 e. The molecule has 3 rings (SSSR count). The van der Waals surface area contributed by atoms with E-state index in [9.17, 15) is 54.5 Å². The van der Waals surface area contributed by atoms with Crippen LogP contribution in [-0.2, 0) is 42.0 Å². The minimum absolute atomic E-state index is 0.0213. The van der Waals surface area contributed by atoms with E-state index in [2.05, 4.69) is 18.5 Å². The molecule has 0 radical (unpaired) electrons. The van der Waals surface area contributed by atoms with Gasteiger partial charge >= 0.3 is 21.6 Å². The minimum atomic E-state index is -4.73. The molecule has 0 unspecified atom stereocenters. The number of carbonyl (C=O) groups excluding carboxylic acids is 1. The highest BCUT2D eigenvalue weighted by Gasteiger charge is 2.53. The summed E-state index contributed by atoms with van der Waals surface area (Å²) in [5.74, 6) is -4.00. The fraction of sp³-hybridized carbons (Fsp3) is 0.923. The number of ether oxygens (including phenoxy) is 3. The molecular formula is C26H57N3O29P2. The molecular weight excluding hydrogens is 880 g/mol. The molecule has 0 aromatic heterocycles. The van der Waals surface area contributed by atoms with Crippen LogP contribution in [0.1, 0.15) is 12.8 Å². The maximum Gasteiger partial charge on any atom is 0.469 e. The van der Waals surface area contributed by atoms with Gasteiger partial charge < -0.3 is 133 Å². The first kappa shape index (κ1) is 60.4. The third kappa shape index (κ3) is 22.6. The maximum atomic E-state index is 10.4. The molecule has 3 heterocycles. The predicted molar refractivity (Wildman–Crippen MR) is 186 cm³/mol. The molecule has 3 saturated heterocycles. The van der Waals surface area contributed by atoms with Crippen LogP contribution in [0.25, 0.3) is 0 Å². The van der Waals surface area contributed by atoms with Crippen molar-refractivity contribution in [2.45, 2.75) is 110 Å². The van der Waals surface area contributed by atoms with Crippen LogP contribution in [0.2, 0.25) is 0 Å². The quantitative estimate of drug-likeness (QED) is 0.0719. The van der Waals surface area contributed by atoms with E-state index >= 15 is 0 Å². The van der Waals surface area contributed by atoms with Crippen LogP contribution < -0.4 is 17.2 Å². The summed E-state index contributed by atoms with van der Waals surface area (Å²) in [6, 6.07) is -2.02. The van der Waals surface area contributed by atoms with E-state index in [0.29, 0.717) is 0 Å². The van der Waals surface area contributed by atoms with Crippen LogP contribution in [-0.4, -0.2) is 250 Å². The van der Waals surface area contributed by atoms with Crippen LogP contribution in [0.3, 0.4) is 0 Å². The molecule has 1 amide bonds. The second-order valence-corrected chi connectivity index (χ2v) is 15.0. The Morgan fingerprint density at radius 3 is 1.52 bits per heavy atom. The number of phosphoric ester groups is 2. The predicted octanol–water partition coefficient (Wildman–Crippen LogP) is -12.5. The van der Waals surface area contributed by atoms with Gasteiger partial charge in [0.15, 0.2) is 12.6 Å². The smallest absolute Gasteiger partial charge is 0.469 e. The lowest BCUT2D eigenvalue weighted by Gasteiger charge is -2.38. The number of aliphatic hydroxyl groups is 15. The molecule has 0 saturated carbocycles. The summed E-state index contributed by atoms with van der Waals surface area (Å²) in [6.07, 6.45) is -18.5. The Balaban J connectivity index is 0. The Morgan fingerprint density at radius 1 is 0.700 bits per heavy atom. The number of rotatable bonds is 14. The number of aliphatic hydroxyl groups excluding tert-OH is 14. The van der Waals surface area contributed by atoms with E-state index in [4.69, 9.17) is 87.5 Å². The Labute approximate surface area is 338 Å². The summed E-state index contributed by atoms with van der Waals surface area (Å²) < 4.78 is 42.8. The van der Waals surface area contributed by atoms with Gasteiger partial charge in [0.1, 0.15) is 73.2 Å². The third-order valence-electron chi connectivity index (χ3n) is 7.64. The van der Waals surface area contributed by atoms with Crippen molar-refractivity contribution in [2.24, 2.45) is 17.2 Å². The van der Waals surface area contributed by atoms with Gasteiger partial charge in [0.25, 0.3) is 0 Å². The summed E-state index contributed by atoms with van der Waals surface area (Å²) in [4.78, 5) is 53.7. The van der Waals surface area contributed by atoms with Crippen molar-refractivity contribution < 1.29 is 143 Å². The second-order valence-electron chi connectivity index (χ2n) is 12.5. The molecule has 3 aliphatic rings. The van der Waals surface area contributed by atoms with Gasteiger partial charge in [0.2, 0.25) is 11.7 Å². The number of hydrogen-bond acceptors (Lipinski definition) is 26. The minimum Gasteiger partial charge on any atom is -0.480 e. The fourth-order valence-electron chi connectivity index (χ4n) is 4.14. The average Bonchev–Trinajstić information content (AvgIpc) is 3.40. The Hall–Kier alpha value is -1.64. The van der Waals surface area contributed by atoms with E-state index in [1.165, 1.54) is 0 Å². The topological polar surface area (TPSA) is 597 Å². The molecule has 26 N–H and O–H groups in total. The molecule has 0 aromatic carbocycles. The monoisotopic (exact) mass is 937 g/mol. The third-order valence-corrected chi connectivity index (χ3v) is 8.61. The fourth-order valence-corrected chi connectivity index (χ4v) is 4.82. The average molecular weight is 938 g/mol. The van der Waals surface area contributed by atoms with E-state index in [1.54, 1.807) is 0 Å². The van der Waals surface area contributed by atoms with Crippen LogP contribution >= 0.6 is 15.6 Å². The molecule has 0 aromatic rings. The highest BCUT2D eigenvalue weighted by Crippen LogP contribution is 2.38. The van der Waals surface area contributed by atoms with Crippen molar-refractivity contribution in [3.8, 4) is 0 Å². The van der Waals surface area contributed by atoms with E-state index < -0.39 is 152 Å². The van der Waals surface area contributed by atoms with Crippen molar-refractivity contribution in [2.75, 3.05) is 39.6 Å². The Bertz CT molecular complexity index is 1280. The normalized spacial score (nSPS) is 34.6. The summed E-state index contributed by atoms with van der Waals surface area (Å²) >= 11 is 0. The number of amides is 1. The number of primary amides is 1. The van der Waals surface area contributed by atoms with Gasteiger partial charge in [-0.25, -0.2) is 9.13 Å². The van der Waals surface area contributed by atoms with Gasteiger partial charge in [-0.1, -0.05) is 0 Å². The molecule has 0 bridgehead atoms. The summed E-state index contributed by atoms with van der Waals surface area (Å²) in [6.45, 7) is -3.64. The molecule has 15 atom stereocenters. The lowest BCUT2D eigenvalue weighted by atomic mass is 9.98. The zero-order valence-corrected chi connectivity index (χ0v) is 32.9. The molecule has 3 fully saturated rings. The number of carbonyl (C=O) groups is 2. The molecule has 60 heavy (non-hydrogen) atoms. The van der Waals surface area contributed by atoms with Gasteiger partial charge in [-0.3, -0.25) is 18.6 Å². The molecule has 3 aliphatic heterocycles. The molecule has 32 nitrogen and oxygen atoms in total. The highest BCUT2D eigenvalue weighted by molar-refractivity contribution is 7.46. The molecule has 34 heteroatoms. The van der Waals surface area contributed by atoms with Crippen molar-refractivity contribution >= 4 is 27.5 Å². The van der Waals surface area contributed by atoms with Gasteiger partial charge in [-0.05, 0) is 6.42 Å². The first-order valence-electron chi connectivity index (χ1n) is 16.7. The molecule has 0 spiro atoms. The van der Waals surface area contributed by atoms with Gasteiger partial charge in [0.05, 0.1) is 45.7 Å². The van der Waals surface area contributed by atoms with Crippen LogP contribution in [0.15, 0.2) is 0 Å². The lowest BCUT2D eigenvalue weighted by molar-refractivity contribution is -0.285. The van der Waals surface area contributed by atoms with Gasteiger partial charge in [0, 0.05) is 6.42 Å². The number of hydrogen-bond donors (Lipinski definition) is 23. The first-order valence-corrected chi connectivity index (χ1v) is 19.8. The Kier molecular flexibility index (Phi) is 28.4. The summed E-state index contributed by atoms with van der Waals surface area (Å²) in [5, 5.41) is 142. The zero-order valence-electron chi connectivity index (χ0n) is 31.1. The number of phosphoric acid groups is 2. The van der Waals surface area contributed by atoms with E-state index in [-0.39, 0.29) is 26.1 Å². The van der Waals surface area contributed by atoms with Crippen molar-refractivity contribution in [1.29, 1.82) is 0 Å². The Morgan fingerprint density at radius 2 is 1.15 bits per heavy atom. The first-order chi connectivity index (χ1) is 27.3. The summed E-state index contributed by atoms with van der Waals surface area (Å²) in [5.41, 5.74) is 15.1. The maximum absolute atomic E-state index is 10.4. The number of aliphatic carboxylic acids is 1. The second kappa shape index (κ2) is 28.2. The van der Waals surface area contributed by atoms with Crippen molar-refractivity contribution in [3.05, 3.63) is 0 Å². The number of carboxylic acids is 1. The molecule has 0 aliphatic carbocycles. The standard InChI is InChI=1S/C6H13NO5.2C6H13O9P.C5H10N2O3.C3H8O3/c7-3-5(10)4(9)2(1-8)12-6(3)11;7-2-6(10)5(9)4(8)3(15-6)1-14-16(11,12)13;7-3-2(1-14-16(11,12)13)15-6(10)5(9)4(3)8;6-3(5(9)10)1-2-4(7)8;4-1-3(6)2-5/h2-6,8-11H,1,7H2;3-5,7-10H,1-2H2,(H2,11,12,13);2-10H,1H2,(H2,11,12,13);3H,1-2,6H2,(H2,7,8)(H,9,10);3-6H,1-2H2/t2-,3-,4-,5-,6-;3-,4-,5+,6-;2-,3-,4+,5-,6+;3-;/m1110./s1. The summed E-state index contributed by atoms with van der Waals surface area (Å²) in [7, 11) is -9.46. The zero-order chi connectivity index (χ0) is 47.5. The SMILES string of the molecule is NC(=O)CC[C@H](N)C(=O)O.N[C@@H]1[C@@H](O)[C@H](O)[C@@H](CO)O[C@H]1O.O=P(O)(O)OC[C@H]1O[C@H](O)[C@H](O)[C@@H](O)[C@@H]1O.O=P(O)(O)OC[C@H]1O[C@](O)(CO)[C@@H](O)[C@@H]1O.OCC(O)CO. The van der Waals surface area contributed by atoms with Crippen LogP contribution in [0.4, 0.5) is 0 Å². The van der Waals surface area contributed by atoms with Crippen LogP contribution in [0, 0.1) is 0 Å².